The third-order valence-electron chi connectivity index (χ3n) is 5.66. The van der Waals surface area contributed by atoms with E-state index in [4.69, 9.17) is 0 Å². The number of nitrogens with zero attached hydrogens (tertiary/aromatic N) is 1. The Labute approximate surface area is 132 Å². The molecule has 4 rings (SSSR count). The van der Waals surface area contributed by atoms with E-state index in [1.54, 1.807) is 12.1 Å². The third-order valence-corrected chi connectivity index (χ3v) is 6.89. The van der Waals surface area contributed by atoms with Crippen molar-refractivity contribution in [3.63, 3.8) is 0 Å². The maximum absolute atomic E-state index is 12.4. The highest BCUT2D eigenvalue weighted by Crippen LogP contribution is 2.53. The van der Waals surface area contributed by atoms with Crippen LogP contribution in [-0.4, -0.2) is 14.1 Å². The van der Waals surface area contributed by atoms with Gasteiger partial charge >= 0.3 is 0 Å². The fourth-order valence-corrected chi connectivity index (χ4v) is 5.57. The van der Waals surface area contributed by atoms with Crippen molar-refractivity contribution in [2.24, 2.45) is 28.8 Å². The Morgan fingerprint density at radius 2 is 1.77 bits per heavy atom. The summed E-state index contributed by atoms with van der Waals surface area (Å²) in [5.74, 6) is 2.85. The van der Waals surface area contributed by atoms with Gasteiger partial charge in [0.15, 0.2) is 0 Å². The number of fused-ring (bicyclic) bond motifs is 2. The molecule has 1 aromatic carbocycles. The first-order chi connectivity index (χ1) is 10.5. The van der Waals surface area contributed by atoms with Crippen LogP contribution in [0, 0.1) is 30.6 Å². The van der Waals surface area contributed by atoms with E-state index in [1.165, 1.54) is 25.7 Å². The largest absolute Gasteiger partial charge is 0.276 e. The van der Waals surface area contributed by atoms with Crippen LogP contribution in [0.1, 0.15) is 37.7 Å². The van der Waals surface area contributed by atoms with Crippen LogP contribution < -0.4 is 4.83 Å². The van der Waals surface area contributed by atoms with E-state index in [0.717, 1.165) is 35.4 Å². The smallest absolute Gasteiger partial charge is 0.200 e. The lowest BCUT2D eigenvalue weighted by atomic mass is 9.71. The molecule has 4 atom stereocenters. The van der Waals surface area contributed by atoms with Crippen LogP contribution in [-0.2, 0) is 10.0 Å². The van der Waals surface area contributed by atoms with Gasteiger partial charge in [-0.1, -0.05) is 17.7 Å². The number of hydrazone groups is 1. The molecular weight excluding hydrogens is 296 g/mol. The second-order valence-electron chi connectivity index (χ2n) is 7.26. The van der Waals surface area contributed by atoms with Gasteiger partial charge in [0.25, 0.3) is 10.0 Å². The summed E-state index contributed by atoms with van der Waals surface area (Å²) in [5, 5.41) is 4.35. The number of nitrogens with one attached hydrogen (secondary N) is 1. The number of aryl methyl sites for hydroxylation is 1. The number of rotatable bonds is 3. The van der Waals surface area contributed by atoms with Crippen LogP contribution in [0.5, 0.6) is 0 Å². The number of hydrogen-bond acceptors (Lipinski definition) is 3. The molecule has 0 radical (unpaired) electrons. The molecule has 3 aliphatic rings. The van der Waals surface area contributed by atoms with Gasteiger partial charge in [-0.15, -0.1) is 0 Å². The van der Waals surface area contributed by atoms with Crippen LogP contribution >= 0.6 is 0 Å². The van der Waals surface area contributed by atoms with Crippen LogP contribution in [0.25, 0.3) is 0 Å². The number of benzene rings is 1. The van der Waals surface area contributed by atoms with Gasteiger partial charge in [-0.3, -0.25) is 0 Å². The van der Waals surface area contributed by atoms with Gasteiger partial charge in [0.2, 0.25) is 0 Å². The molecule has 0 unspecified atom stereocenters. The number of sulfonamides is 1. The van der Waals surface area contributed by atoms with E-state index in [1.807, 2.05) is 19.1 Å². The first-order valence-corrected chi connectivity index (χ1v) is 9.64. The van der Waals surface area contributed by atoms with Gasteiger partial charge in [0.05, 0.1) is 4.90 Å². The Morgan fingerprint density at radius 1 is 1.05 bits per heavy atom. The maximum atomic E-state index is 12.4. The van der Waals surface area contributed by atoms with Gasteiger partial charge in [-0.05, 0) is 68.9 Å². The summed E-state index contributed by atoms with van der Waals surface area (Å²) in [4.78, 5) is 2.76. The van der Waals surface area contributed by atoms with Crippen molar-refractivity contribution in [1.82, 2.24) is 4.83 Å². The average molecular weight is 318 g/mol. The third kappa shape index (κ3) is 2.45. The summed E-state index contributed by atoms with van der Waals surface area (Å²) in [5.41, 5.74) is 2.14. The molecule has 0 saturated heterocycles. The summed E-state index contributed by atoms with van der Waals surface area (Å²) in [7, 11) is -3.55. The van der Waals surface area contributed by atoms with Crippen LogP contribution in [0.15, 0.2) is 34.3 Å². The molecule has 5 heteroatoms. The molecule has 1 aromatic rings. The lowest BCUT2D eigenvalue weighted by molar-refractivity contribution is 0.242. The Morgan fingerprint density at radius 3 is 2.55 bits per heavy atom. The van der Waals surface area contributed by atoms with E-state index in [0.29, 0.717) is 5.92 Å². The molecule has 3 fully saturated rings. The monoisotopic (exact) mass is 318 g/mol. The molecule has 3 aliphatic carbocycles. The van der Waals surface area contributed by atoms with E-state index in [-0.39, 0.29) is 4.90 Å². The molecule has 0 heterocycles. The quantitative estimate of drug-likeness (QED) is 0.871. The van der Waals surface area contributed by atoms with Crippen molar-refractivity contribution >= 4 is 15.7 Å². The first-order valence-electron chi connectivity index (χ1n) is 8.16. The summed E-state index contributed by atoms with van der Waals surface area (Å²) in [6.07, 6.45) is 6.16. The molecule has 0 amide bonds. The minimum atomic E-state index is -3.55. The van der Waals surface area contributed by atoms with Crippen molar-refractivity contribution in [2.45, 2.75) is 43.9 Å². The van der Waals surface area contributed by atoms with Gasteiger partial charge < -0.3 is 0 Å². The second-order valence-corrected chi connectivity index (χ2v) is 8.92. The summed E-state index contributed by atoms with van der Waals surface area (Å²) >= 11 is 0. The van der Waals surface area contributed by atoms with Crippen molar-refractivity contribution in [1.29, 1.82) is 0 Å². The summed E-state index contributed by atoms with van der Waals surface area (Å²) < 4.78 is 24.7. The van der Waals surface area contributed by atoms with Crippen molar-refractivity contribution in [2.75, 3.05) is 0 Å². The Kier molecular flexibility index (Phi) is 3.29. The highest BCUT2D eigenvalue weighted by atomic mass is 32.2. The molecule has 3 saturated carbocycles. The maximum Gasteiger partial charge on any atom is 0.276 e. The predicted molar refractivity (Wildman–Crippen MR) is 86.0 cm³/mol. The van der Waals surface area contributed by atoms with Gasteiger partial charge in [-0.25, -0.2) is 4.83 Å². The highest BCUT2D eigenvalue weighted by Gasteiger charge is 2.47. The normalized spacial score (nSPS) is 35.0. The zero-order valence-electron chi connectivity index (χ0n) is 12.8. The second kappa shape index (κ2) is 5.08. The fourth-order valence-electron chi connectivity index (χ4n) is 4.73. The van der Waals surface area contributed by atoms with E-state index < -0.39 is 10.0 Å². The van der Waals surface area contributed by atoms with E-state index in [9.17, 15) is 8.42 Å². The fraction of sp³-hybridized carbons (Fsp3) is 0.588. The molecular formula is C17H22N2O2S. The van der Waals surface area contributed by atoms with Crippen LogP contribution in [0.4, 0.5) is 0 Å². The van der Waals surface area contributed by atoms with E-state index >= 15 is 0 Å². The molecule has 0 spiro atoms. The lowest BCUT2D eigenvalue weighted by Gasteiger charge is -2.34. The zero-order chi connectivity index (χ0) is 15.3. The molecule has 0 aromatic heterocycles. The van der Waals surface area contributed by atoms with Gasteiger partial charge in [-0.2, -0.15) is 13.5 Å². The van der Waals surface area contributed by atoms with Gasteiger partial charge in [0, 0.05) is 11.6 Å². The Hall–Kier alpha value is -1.36. The minimum Gasteiger partial charge on any atom is -0.200 e. The number of hydrogen-bond donors (Lipinski definition) is 1. The average Bonchev–Trinajstić information content (AvgIpc) is 2.70. The molecule has 1 N–H and O–H groups in total. The Balaban J connectivity index is 1.55. The van der Waals surface area contributed by atoms with E-state index in [2.05, 4.69) is 9.93 Å². The zero-order valence-corrected chi connectivity index (χ0v) is 13.6. The molecule has 0 aliphatic heterocycles. The molecule has 4 nitrogen and oxygen atoms in total. The van der Waals surface area contributed by atoms with Crippen molar-refractivity contribution < 1.29 is 8.42 Å². The van der Waals surface area contributed by atoms with Gasteiger partial charge in [0.1, 0.15) is 0 Å². The van der Waals surface area contributed by atoms with Crippen LogP contribution in [0.3, 0.4) is 0 Å². The lowest BCUT2D eigenvalue weighted by Crippen LogP contribution is -2.32. The van der Waals surface area contributed by atoms with Crippen molar-refractivity contribution in [3.8, 4) is 0 Å². The topological polar surface area (TPSA) is 58.5 Å². The highest BCUT2D eigenvalue weighted by molar-refractivity contribution is 7.89. The molecule has 3 bridgehead atoms. The molecule has 118 valence electrons. The summed E-state index contributed by atoms with van der Waals surface area (Å²) in [6.45, 7) is 1.94. The SMILES string of the molecule is Cc1ccc(S(=O)(=O)NN=C2C[C@H]3C[C@H]4C[C@@H](C3)[C@@H]2C4)cc1. The Bertz CT molecular complexity index is 707. The first kappa shape index (κ1) is 14.2. The molecule has 22 heavy (non-hydrogen) atoms. The summed E-state index contributed by atoms with van der Waals surface area (Å²) in [6, 6.07) is 6.89. The minimum absolute atomic E-state index is 0.283. The predicted octanol–water partition coefficient (Wildman–Crippen LogP) is 3.09. The van der Waals surface area contributed by atoms with Crippen molar-refractivity contribution in [3.05, 3.63) is 29.8 Å². The standard InChI is InChI=1S/C17H22N2O2S/c1-11-2-4-15(5-3-11)22(20,21)19-18-17-10-13-6-12-7-14(8-13)16(17)9-12/h2-5,12-14,16,19H,6-10H2,1H3/t12-,13-,14-,16-/m0/s1. The van der Waals surface area contributed by atoms with Crippen LogP contribution in [0.2, 0.25) is 0 Å².